The summed E-state index contributed by atoms with van der Waals surface area (Å²) in [5, 5.41) is 0.671. The van der Waals surface area contributed by atoms with Crippen molar-refractivity contribution in [1.29, 1.82) is 0 Å². The smallest absolute Gasteiger partial charge is 0.236 e. The fourth-order valence-corrected chi connectivity index (χ4v) is 5.27. The van der Waals surface area contributed by atoms with Crippen LogP contribution < -0.4 is 0 Å². The Hall–Kier alpha value is -1.20. The molecule has 3 rings (SSSR count). The summed E-state index contributed by atoms with van der Waals surface area (Å²) in [5.74, 6) is 0.872. The van der Waals surface area contributed by atoms with E-state index in [4.69, 9.17) is 11.6 Å². The molecule has 25 heavy (non-hydrogen) atoms. The number of hydrogen-bond acceptors (Lipinski definition) is 3. The lowest BCUT2D eigenvalue weighted by atomic mass is 9.95. The Kier molecular flexibility index (Phi) is 5.95. The van der Waals surface area contributed by atoms with Crippen molar-refractivity contribution in [2.45, 2.75) is 43.7 Å². The quantitative estimate of drug-likeness (QED) is 0.794. The number of carbonyl (C=O) groups is 2. The van der Waals surface area contributed by atoms with Crippen molar-refractivity contribution in [3.05, 3.63) is 34.9 Å². The van der Waals surface area contributed by atoms with E-state index in [1.165, 1.54) is 0 Å². The number of hydrogen-bond donors (Lipinski definition) is 0. The molecule has 0 bridgehead atoms. The van der Waals surface area contributed by atoms with E-state index in [1.807, 2.05) is 47.9 Å². The molecule has 1 aromatic carbocycles. The molecule has 0 aromatic heterocycles. The van der Waals surface area contributed by atoms with E-state index in [0.717, 1.165) is 43.1 Å². The van der Waals surface area contributed by atoms with Gasteiger partial charge in [0.05, 0.1) is 5.25 Å². The monoisotopic (exact) mass is 380 g/mol. The molecule has 4 nitrogen and oxygen atoms in total. The van der Waals surface area contributed by atoms with Gasteiger partial charge in [-0.15, -0.1) is 11.8 Å². The number of halogens is 1. The summed E-state index contributed by atoms with van der Waals surface area (Å²) < 4.78 is 0. The van der Waals surface area contributed by atoms with E-state index in [-0.39, 0.29) is 22.4 Å². The largest absolute Gasteiger partial charge is 0.343 e. The molecule has 0 aliphatic carbocycles. The number of benzene rings is 1. The van der Waals surface area contributed by atoms with Crippen LogP contribution in [0.15, 0.2) is 24.3 Å². The standard InChI is InChI=1S/C19H25ClN2O2S/c1-3-17(23)21-10-8-14(9-11-21)12-22-18(24)13(2)25-19(22)15-6-4-5-7-16(15)20/h4-7,13-14,19H,3,8-12H2,1-2H3/t13-,19+/m1/s1. The van der Waals surface area contributed by atoms with Crippen molar-refractivity contribution >= 4 is 35.2 Å². The maximum Gasteiger partial charge on any atom is 0.236 e. The van der Waals surface area contributed by atoms with Crippen LogP contribution in [-0.2, 0) is 9.59 Å². The number of piperidine rings is 1. The summed E-state index contributed by atoms with van der Waals surface area (Å²) in [4.78, 5) is 28.5. The lowest BCUT2D eigenvalue weighted by Crippen LogP contribution is -2.42. The molecule has 136 valence electrons. The Morgan fingerprint density at radius 2 is 1.96 bits per heavy atom. The lowest BCUT2D eigenvalue weighted by molar-refractivity contribution is -0.134. The summed E-state index contributed by atoms with van der Waals surface area (Å²) in [6.45, 7) is 6.24. The molecule has 2 heterocycles. The highest BCUT2D eigenvalue weighted by Crippen LogP contribution is 2.45. The maximum atomic E-state index is 12.7. The van der Waals surface area contributed by atoms with Gasteiger partial charge in [-0.1, -0.05) is 36.7 Å². The first kappa shape index (κ1) is 18.6. The van der Waals surface area contributed by atoms with Crippen molar-refractivity contribution in [1.82, 2.24) is 9.80 Å². The minimum Gasteiger partial charge on any atom is -0.343 e. The Balaban J connectivity index is 1.69. The Bertz CT molecular complexity index is 646. The van der Waals surface area contributed by atoms with Gasteiger partial charge in [0.15, 0.2) is 0 Å². The van der Waals surface area contributed by atoms with Gasteiger partial charge in [-0.25, -0.2) is 0 Å². The fourth-order valence-electron chi connectivity index (χ4n) is 3.64. The average molecular weight is 381 g/mol. The molecule has 2 aliphatic rings. The fraction of sp³-hybridized carbons (Fsp3) is 0.579. The van der Waals surface area contributed by atoms with Crippen molar-refractivity contribution in [2.24, 2.45) is 5.92 Å². The number of likely N-dealkylation sites (tertiary alicyclic amines) is 1. The van der Waals surface area contributed by atoms with Gasteiger partial charge in [-0.05, 0) is 31.7 Å². The number of amides is 2. The number of thioether (sulfide) groups is 1. The predicted molar refractivity (Wildman–Crippen MR) is 103 cm³/mol. The molecular formula is C19H25ClN2O2S. The van der Waals surface area contributed by atoms with Crippen LogP contribution in [0.1, 0.15) is 44.0 Å². The van der Waals surface area contributed by atoms with Crippen LogP contribution in [0.5, 0.6) is 0 Å². The maximum absolute atomic E-state index is 12.7. The van der Waals surface area contributed by atoms with E-state index in [1.54, 1.807) is 11.8 Å². The Labute approximate surface area is 158 Å². The van der Waals surface area contributed by atoms with Gasteiger partial charge < -0.3 is 9.80 Å². The molecule has 0 radical (unpaired) electrons. The highest BCUT2D eigenvalue weighted by Gasteiger charge is 2.40. The highest BCUT2D eigenvalue weighted by molar-refractivity contribution is 8.01. The molecule has 2 atom stereocenters. The second-order valence-corrected chi connectivity index (χ2v) is 8.65. The van der Waals surface area contributed by atoms with E-state index >= 15 is 0 Å². The zero-order valence-corrected chi connectivity index (χ0v) is 16.4. The molecular weight excluding hydrogens is 356 g/mol. The number of rotatable bonds is 4. The first-order chi connectivity index (χ1) is 12.0. The molecule has 0 N–H and O–H groups in total. The average Bonchev–Trinajstić information content (AvgIpc) is 2.90. The Morgan fingerprint density at radius 3 is 2.60 bits per heavy atom. The molecule has 2 fully saturated rings. The topological polar surface area (TPSA) is 40.6 Å². The number of nitrogens with zero attached hydrogens (tertiary/aromatic N) is 2. The SMILES string of the molecule is CCC(=O)N1CCC(CN2C(=O)[C@@H](C)S[C@H]2c2ccccc2Cl)CC1. The second kappa shape index (κ2) is 8.00. The van der Waals surface area contributed by atoms with Crippen LogP contribution in [0.3, 0.4) is 0 Å². The molecule has 2 aliphatic heterocycles. The van der Waals surface area contributed by atoms with Crippen LogP contribution in [0, 0.1) is 5.92 Å². The minimum atomic E-state index is -0.0389. The zero-order chi connectivity index (χ0) is 18.0. The first-order valence-corrected chi connectivity index (χ1v) is 10.3. The molecule has 1 aromatic rings. The molecule has 0 saturated carbocycles. The van der Waals surface area contributed by atoms with Gasteiger partial charge in [-0.3, -0.25) is 9.59 Å². The van der Waals surface area contributed by atoms with Crippen LogP contribution in [-0.4, -0.2) is 46.5 Å². The van der Waals surface area contributed by atoms with Gasteiger partial charge >= 0.3 is 0 Å². The van der Waals surface area contributed by atoms with E-state index in [2.05, 4.69) is 0 Å². The van der Waals surface area contributed by atoms with Crippen LogP contribution in [0.25, 0.3) is 0 Å². The zero-order valence-electron chi connectivity index (χ0n) is 14.8. The molecule has 0 unspecified atom stereocenters. The van der Waals surface area contributed by atoms with Crippen LogP contribution in [0.4, 0.5) is 0 Å². The van der Waals surface area contributed by atoms with Crippen molar-refractivity contribution in [2.75, 3.05) is 19.6 Å². The summed E-state index contributed by atoms with van der Waals surface area (Å²) in [6.07, 6.45) is 2.49. The third-order valence-corrected chi connectivity index (χ3v) is 6.86. The van der Waals surface area contributed by atoms with Gasteiger partial charge in [0.1, 0.15) is 5.37 Å². The van der Waals surface area contributed by atoms with Gasteiger partial charge in [0, 0.05) is 36.6 Å². The van der Waals surface area contributed by atoms with Crippen LogP contribution in [0.2, 0.25) is 5.02 Å². The van der Waals surface area contributed by atoms with Gasteiger partial charge in [0.2, 0.25) is 11.8 Å². The third kappa shape index (κ3) is 3.98. The summed E-state index contributed by atoms with van der Waals surface area (Å²) in [6, 6.07) is 7.79. The van der Waals surface area contributed by atoms with E-state index in [9.17, 15) is 9.59 Å². The summed E-state index contributed by atoms with van der Waals surface area (Å²) in [7, 11) is 0. The molecule has 2 saturated heterocycles. The van der Waals surface area contributed by atoms with E-state index < -0.39 is 0 Å². The summed E-state index contributed by atoms with van der Waals surface area (Å²) in [5.41, 5.74) is 1.02. The highest BCUT2D eigenvalue weighted by atomic mass is 35.5. The summed E-state index contributed by atoms with van der Waals surface area (Å²) >= 11 is 8.06. The van der Waals surface area contributed by atoms with Gasteiger partial charge in [-0.2, -0.15) is 0 Å². The second-order valence-electron chi connectivity index (χ2n) is 6.82. The molecule has 2 amide bonds. The normalized spacial score (nSPS) is 24.8. The minimum absolute atomic E-state index is 0.00787. The van der Waals surface area contributed by atoms with Crippen molar-refractivity contribution in [3.8, 4) is 0 Å². The van der Waals surface area contributed by atoms with Gasteiger partial charge in [0.25, 0.3) is 0 Å². The molecule has 6 heteroatoms. The van der Waals surface area contributed by atoms with Crippen LogP contribution >= 0.6 is 23.4 Å². The van der Waals surface area contributed by atoms with E-state index in [0.29, 0.717) is 12.3 Å². The third-order valence-electron chi connectivity index (χ3n) is 5.14. The number of carbonyl (C=O) groups excluding carboxylic acids is 2. The van der Waals surface area contributed by atoms with Crippen molar-refractivity contribution in [3.63, 3.8) is 0 Å². The Morgan fingerprint density at radius 1 is 1.28 bits per heavy atom. The molecule has 0 spiro atoms. The first-order valence-electron chi connectivity index (χ1n) is 8.99. The predicted octanol–water partition coefficient (Wildman–Crippen LogP) is 3.95. The van der Waals surface area contributed by atoms with Crippen molar-refractivity contribution < 1.29 is 9.59 Å². The lowest BCUT2D eigenvalue weighted by Gasteiger charge is -2.35.